The molecule has 0 bridgehead atoms. The van der Waals surface area contributed by atoms with Crippen LogP contribution in [0.3, 0.4) is 0 Å². The van der Waals surface area contributed by atoms with Crippen molar-refractivity contribution in [2.75, 3.05) is 11.1 Å². The first-order valence-electron chi connectivity index (χ1n) is 8.59. The lowest BCUT2D eigenvalue weighted by molar-refractivity contribution is -0.137. The van der Waals surface area contributed by atoms with Crippen LogP contribution in [0.4, 0.5) is 18.9 Å². The highest BCUT2D eigenvalue weighted by atomic mass is 35.5. The molecule has 2 heterocycles. The number of anilines is 1. The third-order valence-corrected chi connectivity index (χ3v) is 5.70. The molecule has 1 N–H and O–H groups in total. The topological polar surface area (TPSA) is 68.9 Å². The minimum atomic E-state index is -4.55. The van der Waals surface area contributed by atoms with Gasteiger partial charge in [-0.05, 0) is 25.1 Å². The highest BCUT2D eigenvalue weighted by molar-refractivity contribution is 8.00. The second kappa shape index (κ2) is 8.57. The van der Waals surface area contributed by atoms with Gasteiger partial charge in [-0.15, -0.1) is 0 Å². The van der Waals surface area contributed by atoms with Gasteiger partial charge in [-0.25, -0.2) is 9.67 Å². The molecule has 158 valence electrons. The van der Waals surface area contributed by atoms with Crippen LogP contribution in [0.1, 0.15) is 11.3 Å². The molecule has 0 aliphatic carbocycles. The molecule has 0 fully saturated rings. The van der Waals surface area contributed by atoms with E-state index < -0.39 is 23.2 Å². The van der Waals surface area contributed by atoms with Crippen LogP contribution < -0.4 is 10.9 Å². The molecular weight excluding hydrogens is 441 g/mol. The van der Waals surface area contributed by atoms with E-state index in [0.29, 0.717) is 17.6 Å². The molecule has 0 unspecified atom stereocenters. The number of amides is 1. The molecule has 0 saturated carbocycles. The van der Waals surface area contributed by atoms with Crippen LogP contribution in [-0.4, -0.2) is 26.0 Å². The average Bonchev–Trinajstić information content (AvgIpc) is 2.90. The van der Waals surface area contributed by atoms with Crippen molar-refractivity contribution < 1.29 is 18.0 Å². The van der Waals surface area contributed by atoms with Crippen LogP contribution in [0, 0.1) is 6.92 Å². The number of aromatic nitrogens is 3. The average molecular weight is 457 g/mol. The summed E-state index contributed by atoms with van der Waals surface area (Å²) in [6, 6.07) is 9.69. The van der Waals surface area contributed by atoms with E-state index in [2.05, 4.69) is 10.3 Å². The lowest BCUT2D eigenvalue weighted by Gasteiger charge is -2.09. The van der Waals surface area contributed by atoms with Crippen LogP contribution in [0.5, 0.6) is 0 Å². The molecule has 3 rings (SSSR count). The molecule has 0 radical (unpaired) electrons. The van der Waals surface area contributed by atoms with Crippen molar-refractivity contribution >= 4 is 35.0 Å². The zero-order chi connectivity index (χ0) is 22.1. The molecule has 0 saturated heterocycles. The normalized spacial score (nSPS) is 11.5. The third kappa shape index (κ3) is 4.54. The van der Waals surface area contributed by atoms with Crippen LogP contribution in [-0.2, 0) is 18.0 Å². The number of hydrogen-bond acceptors (Lipinski definition) is 4. The number of carbonyl (C=O) groups is 1. The summed E-state index contributed by atoms with van der Waals surface area (Å²) >= 11 is 6.72. The number of nitrogens with one attached hydrogen (secondary N) is 1. The number of pyridine rings is 1. The second-order valence-electron chi connectivity index (χ2n) is 6.28. The van der Waals surface area contributed by atoms with Crippen LogP contribution in [0.2, 0.25) is 5.02 Å². The Morgan fingerprint density at radius 3 is 2.53 bits per heavy atom. The summed E-state index contributed by atoms with van der Waals surface area (Å²) < 4.78 is 41.1. The van der Waals surface area contributed by atoms with Gasteiger partial charge in [0.05, 0.1) is 27.7 Å². The highest BCUT2D eigenvalue weighted by Crippen LogP contribution is 2.33. The summed E-state index contributed by atoms with van der Waals surface area (Å²) in [7, 11) is 1.69. The van der Waals surface area contributed by atoms with E-state index in [1.54, 1.807) is 42.9 Å². The molecule has 1 amide bonds. The smallest absolute Gasteiger partial charge is 0.319 e. The standard InChI is InChI=1S/C19H16ClF3N4O2S/c1-11-16(18(29)27(26(11)2)13-6-4-3-5-7-13)25-15(28)10-30-17-14(20)8-12(9-24-17)19(21,22)23/h3-9H,10H2,1-2H3,(H,25,28). The van der Waals surface area contributed by atoms with Crippen molar-refractivity contribution in [3.63, 3.8) is 0 Å². The molecule has 30 heavy (non-hydrogen) atoms. The lowest BCUT2D eigenvalue weighted by atomic mass is 10.3. The van der Waals surface area contributed by atoms with E-state index in [0.717, 1.165) is 17.8 Å². The fourth-order valence-corrected chi connectivity index (χ4v) is 3.70. The van der Waals surface area contributed by atoms with Gasteiger partial charge in [-0.2, -0.15) is 13.2 Å². The van der Waals surface area contributed by atoms with Crippen LogP contribution >= 0.6 is 23.4 Å². The number of halogens is 4. The predicted molar refractivity (Wildman–Crippen MR) is 109 cm³/mol. The van der Waals surface area contributed by atoms with Gasteiger partial charge < -0.3 is 5.32 Å². The van der Waals surface area contributed by atoms with Gasteiger partial charge >= 0.3 is 6.18 Å². The molecule has 11 heteroatoms. The number of alkyl halides is 3. The minimum absolute atomic E-state index is 0.0892. The molecule has 0 spiro atoms. The van der Waals surface area contributed by atoms with E-state index >= 15 is 0 Å². The van der Waals surface area contributed by atoms with Gasteiger partial charge in [0.15, 0.2) is 0 Å². The maximum absolute atomic E-state index is 12.8. The van der Waals surface area contributed by atoms with Crippen molar-refractivity contribution in [2.24, 2.45) is 7.05 Å². The third-order valence-electron chi connectivity index (χ3n) is 4.29. The van der Waals surface area contributed by atoms with E-state index in [1.165, 1.54) is 4.68 Å². The first kappa shape index (κ1) is 22.0. The Morgan fingerprint density at radius 2 is 1.93 bits per heavy atom. The number of para-hydroxylation sites is 1. The molecule has 2 aromatic heterocycles. The Morgan fingerprint density at radius 1 is 1.27 bits per heavy atom. The molecule has 0 aliphatic heterocycles. The highest BCUT2D eigenvalue weighted by Gasteiger charge is 2.31. The van der Waals surface area contributed by atoms with E-state index in [9.17, 15) is 22.8 Å². The first-order chi connectivity index (χ1) is 14.1. The van der Waals surface area contributed by atoms with Crippen LogP contribution in [0.25, 0.3) is 5.69 Å². The number of rotatable bonds is 5. The Hall–Kier alpha value is -2.72. The second-order valence-corrected chi connectivity index (χ2v) is 7.65. The zero-order valence-electron chi connectivity index (χ0n) is 15.8. The Kier molecular flexibility index (Phi) is 6.27. The maximum Gasteiger partial charge on any atom is 0.417 e. The summed E-state index contributed by atoms with van der Waals surface area (Å²) in [4.78, 5) is 28.8. The van der Waals surface area contributed by atoms with Crippen molar-refractivity contribution in [3.05, 3.63) is 69.2 Å². The molecule has 1 aromatic carbocycles. The van der Waals surface area contributed by atoms with Gasteiger partial charge in [-0.1, -0.05) is 41.6 Å². The first-order valence-corrected chi connectivity index (χ1v) is 9.95. The van der Waals surface area contributed by atoms with Crippen molar-refractivity contribution in [3.8, 4) is 5.69 Å². The van der Waals surface area contributed by atoms with Crippen LogP contribution in [0.15, 0.2) is 52.4 Å². The number of carbonyl (C=O) groups excluding carboxylic acids is 1. The zero-order valence-corrected chi connectivity index (χ0v) is 17.4. The minimum Gasteiger partial charge on any atom is -0.319 e. The molecule has 0 aliphatic rings. The van der Waals surface area contributed by atoms with Crippen molar-refractivity contribution in [2.45, 2.75) is 18.1 Å². The molecule has 0 atom stereocenters. The van der Waals surface area contributed by atoms with Gasteiger partial charge in [0.1, 0.15) is 10.7 Å². The van der Waals surface area contributed by atoms with E-state index in [1.807, 2.05) is 6.07 Å². The lowest BCUT2D eigenvalue weighted by Crippen LogP contribution is -2.23. The maximum atomic E-state index is 12.8. The molecular formula is C19H16ClF3N4O2S. The Bertz CT molecular complexity index is 1140. The Balaban J connectivity index is 1.74. The van der Waals surface area contributed by atoms with Gasteiger partial charge in [0.25, 0.3) is 5.56 Å². The van der Waals surface area contributed by atoms with Gasteiger partial charge in [0, 0.05) is 13.2 Å². The summed E-state index contributed by atoms with van der Waals surface area (Å²) in [6.07, 6.45) is -3.90. The summed E-state index contributed by atoms with van der Waals surface area (Å²) in [5, 5.41) is 2.46. The van der Waals surface area contributed by atoms with E-state index in [-0.39, 0.29) is 21.5 Å². The van der Waals surface area contributed by atoms with Crippen molar-refractivity contribution in [1.29, 1.82) is 0 Å². The number of thioether (sulfide) groups is 1. The number of hydrogen-bond donors (Lipinski definition) is 1. The summed E-state index contributed by atoms with van der Waals surface area (Å²) in [5.74, 6) is -0.694. The monoisotopic (exact) mass is 456 g/mol. The predicted octanol–water partition coefficient (Wildman–Crippen LogP) is 4.28. The fraction of sp³-hybridized carbons (Fsp3) is 0.211. The van der Waals surface area contributed by atoms with Gasteiger partial charge in [-0.3, -0.25) is 14.3 Å². The van der Waals surface area contributed by atoms with Crippen molar-refractivity contribution in [1.82, 2.24) is 14.3 Å². The molecule has 6 nitrogen and oxygen atoms in total. The largest absolute Gasteiger partial charge is 0.417 e. The SMILES string of the molecule is Cc1c(NC(=O)CSc2ncc(C(F)(F)F)cc2Cl)c(=O)n(-c2ccccc2)n1C. The summed E-state index contributed by atoms with van der Waals surface area (Å²) in [5.41, 5.74) is -0.0528. The summed E-state index contributed by atoms with van der Waals surface area (Å²) in [6.45, 7) is 1.69. The number of benzene rings is 1. The fourth-order valence-electron chi connectivity index (χ4n) is 2.71. The quantitative estimate of drug-likeness (QED) is 0.582. The molecule has 3 aromatic rings. The number of nitrogens with zero attached hydrogens (tertiary/aromatic N) is 3. The Labute approximate surface area is 178 Å². The van der Waals surface area contributed by atoms with E-state index in [4.69, 9.17) is 11.6 Å². The van der Waals surface area contributed by atoms with Gasteiger partial charge in [0.2, 0.25) is 5.91 Å².